The Hall–Kier alpha value is -4.48. The highest BCUT2D eigenvalue weighted by molar-refractivity contribution is 5.70. The Kier molecular flexibility index (Phi) is 55.1. The third-order valence-corrected chi connectivity index (χ3v) is 11.0. The summed E-state index contributed by atoms with van der Waals surface area (Å²) in [6.45, 7) is 7.37. The molecule has 5 heteroatoms. The number of esters is 2. The first-order valence-electron chi connectivity index (χ1n) is 28.0. The molecule has 0 heterocycles. The molecule has 0 aliphatic carbocycles. The number of carbonyl (C=O) groups is 2. The molecule has 392 valence electrons. The lowest BCUT2D eigenvalue weighted by Gasteiger charge is -2.18. The Labute approximate surface area is 431 Å². The van der Waals surface area contributed by atoms with Crippen LogP contribution in [-0.4, -0.2) is 37.9 Å². The van der Waals surface area contributed by atoms with Crippen molar-refractivity contribution < 1.29 is 23.8 Å². The van der Waals surface area contributed by atoms with Gasteiger partial charge in [-0.15, -0.1) is 0 Å². The molecule has 0 spiro atoms. The van der Waals surface area contributed by atoms with E-state index in [1.54, 1.807) is 0 Å². The van der Waals surface area contributed by atoms with Gasteiger partial charge in [0, 0.05) is 19.4 Å². The van der Waals surface area contributed by atoms with Gasteiger partial charge in [-0.25, -0.2) is 0 Å². The largest absolute Gasteiger partial charge is 0.462 e. The summed E-state index contributed by atoms with van der Waals surface area (Å²) in [4.78, 5) is 25.5. The fourth-order valence-electron chi connectivity index (χ4n) is 6.93. The van der Waals surface area contributed by atoms with Crippen molar-refractivity contribution in [1.29, 1.82) is 0 Å². The van der Waals surface area contributed by atoms with Crippen LogP contribution in [0, 0.1) is 0 Å². The van der Waals surface area contributed by atoms with Gasteiger partial charge in [0.25, 0.3) is 0 Å². The maximum absolute atomic E-state index is 12.8. The number of allylic oxidation sites excluding steroid dienone is 26. The molecule has 5 nitrogen and oxygen atoms in total. The fourth-order valence-corrected chi connectivity index (χ4v) is 6.93. The molecule has 0 aliphatic rings. The summed E-state index contributed by atoms with van der Waals surface area (Å²) in [6.07, 6.45) is 87.0. The Morgan fingerprint density at radius 3 is 1.07 bits per heavy atom. The van der Waals surface area contributed by atoms with E-state index in [1.807, 2.05) is 0 Å². The molecule has 0 rings (SSSR count). The van der Waals surface area contributed by atoms with E-state index >= 15 is 0 Å². The van der Waals surface area contributed by atoms with E-state index in [9.17, 15) is 9.59 Å². The molecular formula is C65H102O5. The van der Waals surface area contributed by atoms with Gasteiger partial charge in [-0.05, 0) is 141 Å². The van der Waals surface area contributed by atoms with Crippen LogP contribution < -0.4 is 0 Å². The standard InChI is InChI=1S/C65H102O5/c1-4-7-10-13-16-19-22-25-28-31-33-35-37-40-43-46-49-52-55-58-64(66)69-62-63(61-68-60-57-54-51-48-45-42-39-36-32-29-26-23-20-17-14-11-8-5-2)70-65(67)59-56-53-50-47-44-41-38-34-30-27-24-21-18-15-12-9-6-3/h8-9,11-12,16-21,25-30,33,35-36,38-39,41,45,47-48,50,63H,4-7,10,13-15,22-24,31-32,34,37,40,42-44,46,49,51-62H2,1-3H3/b11-8-,12-9-,19-16-,20-17-,21-18-,28-25-,29-26-,30-27-,35-33-,39-36-,41-38-,48-45-,50-47-. The van der Waals surface area contributed by atoms with Gasteiger partial charge in [-0.1, -0.05) is 217 Å². The van der Waals surface area contributed by atoms with Crippen molar-refractivity contribution in [3.8, 4) is 0 Å². The van der Waals surface area contributed by atoms with Crippen LogP contribution in [0.5, 0.6) is 0 Å². The van der Waals surface area contributed by atoms with Gasteiger partial charge < -0.3 is 14.2 Å². The summed E-state index contributed by atoms with van der Waals surface area (Å²) in [5.41, 5.74) is 0. The van der Waals surface area contributed by atoms with Crippen LogP contribution in [0.2, 0.25) is 0 Å². The highest BCUT2D eigenvalue weighted by Gasteiger charge is 2.17. The van der Waals surface area contributed by atoms with Crippen LogP contribution in [0.25, 0.3) is 0 Å². The molecule has 0 aromatic heterocycles. The lowest BCUT2D eigenvalue weighted by atomic mass is 10.1. The van der Waals surface area contributed by atoms with Crippen molar-refractivity contribution in [2.45, 2.75) is 219 Å². The highest BCUT2D eigenvalue weighted by atomic mass is 16.6. The Morgan fingerprint density at radius 2 is 0.657 bits per heavy atom. The number of carbonyl (C=O) groups excluding carboxylic acids is 2. The van der Waals surface area contributed by atoms with Gasteiger partial charge >= 0.3 is 11.9 Å². The predicted octanol–water partition coefficient (Wildman–Crippen LogP) is 19.5. The first-order chi connectivity index (χ1) is 34.6. The summed E-state index contributed by atoms with van der Waals surface area (Å²) in [6, 6.07) is 0. The zero-order valence-electron chi connectivity index (χ0n) is 45.0. The summed E-state index contributed by atoms with van der Waals surface area (Å²) >= 11 is 0. The minimum Gasteiger partial charge on any atom is -0.462 e. The molecule has 0 aromatic carbocycles. The lowest BCUT2D eigenvalue weighted by molar-refractivity contribution is -0.162. The number of unbranched alkanes of at least 4 members (excludes halogenated alkanes) is 12. The summed E-state index contributed by atoms with van der Waals surface area (Å²) in [5, 5.41) is 0. The van der Waals surface area contributed by atoms with Crippen LogP contribution in [-0.2, 0) is 23.8 Å². The van der Waals surface area contributed by atoms with Gasteiger partial charge in [0.1, 0.15) is 6.61 Å². The van der Waals surface area contributed by atoms with Crippen LogP contribution in [0.1, 0.15) is 213 Å². The molecule has 1 unspecified atom stereocenters. The van der Waals surface area contributed by atoms with Gasteiger partial charge in [-0.3, -0.25) is 9.59 Å². The van der Waals surface area contributed by atoms with Crippen molar-refractivity contribution >= 4 is 11.9 Å². The molecule has 0 saturated carbocycles. The molecule has 70 heavy (non-hydrogen) atoms. The first kappa shape index (κ1) is 65.5. The minimum absolute atomic E-state index is 0.0266. The van der Waals surface area contributed by atoms with Crippen molar-refractivity contribution in [2.75, 3.05) is 19.8 Å². The smallest absolute Gasteiger partial charge is 0.306 e. The summed E-state index contributed by atoms with van der Waals surface area (Å²) in [7, 11) is 0. The fraction of sp³-hybridized carbons (Fsp3) is 0.569. The van der Waals surface area contributed by atoms with Crippen molar-refractivity contribution in [1.82, 2.24) is 0 Å². The maximum atomic E-state index is 12.8. The van der Waals surface area contributed by atoms with Crippen molar-refractivity contribution in [3.05, 3.63) is 158 Å². The predicted molar refractivity (Wildman–Crippen MR) is 306 cm³/mol. The van der Waals surface area contributed by atoms with Crippen LogP contribution in [0.15, 0.2) is 158 Å². The molecule has 0 bridgehead atoms. The first-order valence-corrected chi connectivity index (χ1v) is 28.0. The van der Waals surface area contributed by atoms with Crippen LogP contribution in [0.4, 0.5) is 0 Å². The molecule has 0 N–H and O–H groups in total. The molecule has 0 aromatic rings. The van der Waals surface area contributed by atoms with Crippen LogP contribution >= 0.6 is 0 Å². The molecule has 0 radical (unpaired) electrons. The molecule has 0 saturated heterocycles. The Bertz CT molecular complexity index is 1560. The zero-order valence-corrected chi connectivity index (χ0v) is 45.0. The lowest BCUT2D eigenvalue weighted by Crippen LogP contribution is -2.30. The third-order valence-electron chi connectivity index (χ3n) is 11.0. The Balaban J connectivity index is 4.51. The van der Waals surface area contributed by atoms with E-state index in [0.29, 0.717) is 25.9 Å². The summed E-state index contributed by atoms with van der Waals surface area (Å²) in [5.74, 6) is -0.516. The van der Waals surface area contributed by atoms with Crippen LogP contribution in [0.3, 0.4) is 0 Å². The van der Waals surface area contributed by atoms with Crippen molar-refractivity contribution in [3.63, 3.8) is 0 Å². The minimum atomic E-state index is -0.608. The third kappa shape index (κ3) is 56.1. The molecule has 0 amide bonds. The monoisotopic (exact) mass is 963 g/mol. The second kappa shape index (κ2) is 58.8. The maximum Gasteiger partial charge on any atom is 0.306 e. The van der Waals surface area contributed by atoms with E-state index in [-0.39, 0.29) is 25.2 Å². The number of ether oxygens (including phenoxy) is 3. The van der Waals surface area contributed by atoms with E-state index in [2.05, 4.69) is 179 Å². The molecule has 0 fully saturated rings. The molecule has 1 atom stereocenters. The van der Waals surface area contributed by atoms with E-state index in [0.717, 1.165) is 128 Å². The van der Waals surface area contributed by atoms with Gasteiger partial charge in [0.05, 0.1) is 6.61 Å². The number of hydrogen-bond acceptors (Lipinski definition) is 5. The zero-order chi connectivity index (χ0) is 50.6. The molecule has 0 aliphatic heterocycles. The molecular weight excluding hydrogens is 861 g/mol. The average Bonchev–Trinajstić information content (AvgIpc) is 3.36. The van der Waals surface area contributed by atoms with Gasteiger partial charge in [0.2, 0.25) is 0 Å². The van der Waals surface area contributed by atoms with E-state index in [4.69, 9.17) is 14.2 Å². The highest BCUT2D eigenvalue weighted by Crippen LogP contribution is 2.11. The summed E-state index contributed by atoms with van der Waals surface area (Å²) < 4.78 is 17.3. The average molecular weight is 964 g/mol. The second-order valence-electron chi connectivity index (χ2n) is 17.7. The van der Waals surface area contributed by atoms with Gasteiger partial charge in [-0.2, -0.15) is 0 Å². The van der Waals surface area contributed by atoms with E-state index < -0.39 is 6.10 Å². The quantitative estimate of drug-likeness (QED) is 0.0345. The topological polar surface area (TPSA) is 61.8 Å². The number of rotatable bonds is 49. The van der Waals surface area contributed by atoms with E-state index in [1.165, 1.54) is 44.9 Å². The number of hydrogen-bond donors (Lipinski definition) is 0. The van der Waals surface area contributed by atoms with Crippen molar-refractivity contribution in [2.24, 2.45) is 0 Å². The second-order valence-corrected chi connectivity index (χ2v) is 17.7. The SMILES string of the molecule is CC/C=C\C/C=C\C/C=C\C/C=C\C/C=C\CCCCOCC(COC(=O)CCCCCCCC/C=C\C/C=C\C/C=C\CCCCC)OC(=O)CCC/C=C\C/C=C\C/C=C\C/C=C\C/C=C\CC. The van der Waals surface area contributed by atoms with Gasteiger partial charge in [0.15, 0.2) is 6.10 Å². The normalized spacial score (nSPS) is 13.5. The Morgan fingerprint density at radius 1 is 0.329 bits per heavy atom.